The van der Waals surface area contributed by atoms with Crippen molar-refractivity contribution in [3.8, 4) is 0 Å². The lowest BCUT2D eigenvalue weighted by atomic mass is 10.0. The first-order valence-electron chi connectivity index (χ1n) is 8.35. The van der Waals surface area contributed by atoms with Crippen LogP contribution in [0.1, 0.15) is 15.9 Å². The molecule has 3 aromatic carbocycles. The molecule has 134 valence electrons. The number of carbonyl (C=O) groups excluding carboxylic acids is 2. The largest absolute Gasteiger partial charge is 0.464 e. The van der Waals surface area contributed by atoms with Crippen molar-refractivity contribution in [3.05, 3.63) is 83.9 Å². The molecule has 1 heterocycles. The Kier molecular flexibility index (Phi) is 4.30. The predicted octanol–water partition coefficient (Wildman–Crippen LogP) is 3.73. The van der Waals surface area contributed by atoms with Crippen LogP contribution in [0.3, 0.4) is 0 Å². The summed E-state index contributed by atoms with van der Waals surface area (Å²) in [5.41, 5.74) is 5.79. The molecule has 0 bridgehead atoms. The highest BCUT2D eigenvalue weighted by molar-refractivity contribution is 6.08. The Morgan fingerprint density at radius 2 is 1.70 bits per heavy atom. The average molecular weight is 362 g/mol. The number of hydrazine groups is 1. The maximum Gasteiger partial charge on any atom is 0.272 e. The van der Waals surface area contributed by atoms with Crippen LogP contribution in [0.4, 0.5) is 4.39 Å². The van der Waals surface area contributed by atoms with Gasteiger partial charge < -0.3 is 4.42 Å². The molecule has 0 aliphatic heterocycles. The lowest BCUT2D eigenvalue weighted by Gasteiger charge is -2.08. The van der Waals surface area contributed by atoms with Crippen LogP contribution >= 0.6 is 0 Å². The maximum atomic E-state index is 13.6. The Hall–Kier alpha value is -3.67. The first-order valence-corrected chi connectivity index (χ1v) is 8.35. The molecular weight excluding hydrogens is 347 g/mol. The Labute approximate surface area is 153 Å². The summed E-state index contributed by atoms with van der Waals surface area (Å²) in [5, 5.41) is 2.89. The molecule has 0 atom stereocenters. The number of rotatable bonds is 3. The van der Waals surface area contributed by atoms with Gasteiger partial charge in [0.1, 0.15) is 11.4 Å². The number of amides is 2. The number of fused-ring (bicyclic) bond motifs is 3. The zero-order valence-corrected chi connectivity index (χ0v) is 14.2. The summed E-state index contributed by atoms with van der Waals surface area (Å²) in [6.07, 6.45) is 1.55. The molecular formula is C21H15FN2O3. The zero-order valence-electron chi connectivity index (χ0n) is 14.2. The van der Waals surface area contributed by atoms with Gasteiger partial charge in [0.15, 0.2) is 0 Å². The quantitative estimate of drug-likeness (QED) is 0.546. The Morgan fingerprint density at radius 3 is 2.56 bits per heavy atom. The molecule has 4 rings (SSSR count). The van der Waals surface area contributed by atoms with Gasteiger partial charge in [-0.3, -0.25) is 20.4 Å². The number of hydrogen-bond acceptors (Lipinski definition) is 3. The minimum absolute atomic E-state index is 0.0125. The molecule has 0 aliphatic carbocycles. The highest BCUT2D eigenvalue weighted by atomic mass is 19.1. The predicted molar refractivity (Wildman–Crippen MR) is 99.4 cm³/mol. The van der Waals surface area contributed by atoms with Crippen molar-refractivity contribution >= 4 is 33.6 Å². The van der Waals surface area contributed by atoms with E-state index in [1.165, 1.54) is 24.5 Å². The minimum atomic E-state index is -0.719. The molecule has 4 aromatic rings. The first kappa shape index (κ1) is 16.8. The minimum Gasteiger partial charge on any atom is -0.464 e. The van der Waals surface area contributed by atoms with Crippen LogP contribution in [-0.2, 0) is 11.2 Å². The summed E-state index contributed by atoms with van der Waals surface area (Å²) >= 11 is 0. The van der Waals surface area contributed by atoms with Gasteiger partial charge in [0.05, 0.1) is 18.2 Å². The lowest BCUT2D eigenvalue weighted by molar-refractivity contribution is -0.121. The summed E-state index contributed by atoms with van der Waals surface area (Å²) in [6.45, 7) is 0. The fourth-order valence-corrected chi connectivity index (χ4v) is 3.06. The second-order valence-corrected chi connectivity index (χ2v) is 6.08. The van der Waals surface area contributed by atoms with E-state index >= 15 is 0 Å². The standard InChI is InChI=1S/C21H15FN2O3/c22-17-8-4-3-7-16(17)21(26)24-23-19(25)11-14-12-27-18-10-9-13-5-1-2-6-15(13)20(14)18/h1-10,12H,11H2,(H,23,25)(H,24,26). The van der Waals surface area contributed by atoms with Crippen LogP contribution in [0.25, 0.3) is 21.7 Å². The van der Waals surface area contributed by atoms with Crippen LogP contribution in [0, 0.1) is 5.82 Å². The first-order chi connectivity index (χ1) is 13.1. The van der Waals surface area contributed by atoms with Crippen LogP contribution in [0.5, 0.6) is 0 Å². The summed E-state index contributed by atoms with van der Waals surface area (Å²) in [6, 6.07) is 17.2. The second kappa shape index (κ2) is 6.92. The Balaban J connectivity index is 1.51. The van der Waals surface area contributed by atoms with Crippen molar-refractivity contribution in [2.45, 2.75) is 6.42 Å². The van der Waals surface area contributed by atoms with E-state index in [2.05, 4.69) is 10.9 Å². The van der Waals surface area contributed by atoms with E-state index in [4.69, 9.17) is 4.42 Å². The third kappa shape index (κ3) is 3.25. The van der Waals surface area contributed by atoms with Gasteiger partial charge in [-0.2, -0.15) is 0 Å². The Morgan fingerprint density at radius 1 is 0.926 bits per heavy atom. The smallest absolute Gasteiger partial charge is 0.272 e. The Bertz CT molecular complexity index is 1170. The topological polar surface area (TPSA) is 71.3 Å². The SMILES string of the molecule is O=C(Cc1coc2ccc3ccccc3c12)NNC(=O)c1ccccc1F. The highest BCUT2D eigenvalue weighted by Crippen LogP contribution is 2.30. The highest BCUT2D eigenvalue weighted by Gasteiger charge is 2.15. The number of benzene rings is 3. The molecule has 2 amide bonds. The van der Waals surface area contributed by atoms with Gasteiger partial charge in [-0.25, -0.2) is 4.39 Å². The van der Waals surface area contributed by atoms with Crippen molar-refractivity contribution < 1.29 is 18.4 Å². The second-order valence-electron chi connectivity index (χ2n) is 6.08. The van der Waals surface area contributed by atoms with Gasteiger partial charge in [-0.15, -0.1) is 0 Å². The van der Waals surface area contributed by atoms with Gasteiger partial charge in [-0.1, -0.05) is 42.5 Å². The summed E-state index contributed by atoms with van der Waals surface area (Å²) in [5.74, 6) is -1.81. The fourth-order valence-electron chi connectivity index (χ4n) is 3.06. The molecule has 0 saturated heterocycles. The van der Waals surface area contributed by atoms with Crippen LogP contribution < -0.4 is 10.9 Å². The third-order valence-corrected chi connectivity index (χ3v) is 4.33. The van der Waals surface area contributed by atoms with Gasteiger partial charge in [0.25, 0.3) is 5.91 Å². The third-order valence-electron chi connectivity index (χ3n) is 4.33. The van der Waals surface area contributed by atoms with Crippen molar-refractivity contribution in [3.63, 3.8) is 0 Å². The number of carbonyl (C=O) groups is 2. The summed E-state index contributed by atoms with van der Waals surface area (Å²) in [7, 11) is 0. The number of halogens is 1. The summed E-state index contributed by atoms with van der Waals surface area (Å²) < 4.78 is 19.2. The molecule has 0 spiro atoms. The van der Waals surface area contributed by atoms with E-state index in [0.29, 0.717) is 11.1 Å². The fraction of sp³-hybridized carbons (Fsp3) is 0.0476. The molecule has 0 radical (unpaired) electrons. The molecule has 0 unspecified atom stereocenters. The monoisotopic (exact) mass is 362 g/mol. The molecule has 27 heavy (non-hydrogen) atoms. The van der Waals surface area contributed by atoms with Crippen LogP contribution in [0.2, 0.25) is 0 Å². The van der Waals surface area contributed by atoms with Crippen molar-refractivity contribution in [2.24, 2.45) is 0 Å². The number of hydrogen-bond donors (Lipinski definition) is 2. The van der Waals surface area contributed by atoms with Crippen molar-refractivity contribution in [2.75, 3.05) is 0 Å². The molecule has 0 saturated carbocycles. The number of furan rings is 1. The maximum absolute atomic E-state index is 13.6. The molecule has 2 N–H and O–H groups in total. The van der Waals surface area contributed by atoms with Crippen LogP contribution in [0.15, 0.2) is 71.3 Å². The molecule has 1 aromatic heterocycles. The van der Waals surface area contributed by atoms with E-state index in [1.807, 2.05) is 36.4 Å². The van der Waals surface area contributed by atoms with Gasteiger partial charge in [0.2, 0.25) is 5.91 Å². The zero-order chi connectivity index (χ0) is 18.8. The molecule has 6 heteroatoms. The summed E-state index contributed by atoms with van der Waals surface area (Å²) in [4.78, 5) is 24.2. The van der Waals surface area contributed by atoms with E-state index in [0.717, 1.165) is 16.2 Å². The van der Waals surface area contributed by atoms with Crippen LogP contribution in [-0.4, -0.2) is 11.8 Å². The molecule has 0 aliphatic rings. The van der Waals surface area contributed by atoms with Gasteiger partial charge in [-0.05, 0) is 29.0 Å². The lowest BCUT2D eigenvalue weighted by Crippen LogP contribution is -2.42. The van der Waals surface area contributed by atoms with Crippen molar-refractivity contribution in [1.82, 2.24) is 10.9 Å². The van der Waals surface area contributed by atoms with E-state index < -0.39 is 17.6 Å². The average Bonchev–Trinajstić information content (AvgIpc) is 3.10. The molecule has 0 fully saturated rings. The number of nitrogens with one attached hydrogen (secondary N) is 2. The van der Waals surface area contributed by atoms with E-state index in [1.54, 1.807) is 6.07 Å². The molecule has 5 nitrogen and oxygen atoms in total. The normalized spacial score (nSPS) is 10.9. The van der Waals surface area contributed by atoms with E-state index in [-0.39, 0.29) is 12.0 Å². The van der Waals surface area contributed by atoms with E-state index in [9.17, 15) is 14.0 Å². The van der Waals surface area contributed by atoms with Crippen molar-refractivity contribution in [1.29, 1.82) is 0 Å². The van der Waals surface area contributed by atoms with Gasteiger partial charge >= 0.3 is 0 Å². The van der Waals surface area contributed by atoms with Gasteiger partial charge in [0, 0.05) is 10.9 Å².